The van der Waals surface area contributed by atoms with Gasteiger partial charge in [-0.2, -0.15) is 0 Å². The van der Waals surface area contributed by atoms with E-state index in [4.69, 9.17) is 0 Å². The van der Waals surface area contributed by atoms with Gasteiger partial charge in [0.2, 0.25) is 0 Å². The van der Waals surface area contributed by atoms with Crippen molar-refractivity contribution in [1.29, 1.82) is 0 Å². The fourth-order valence-electron chi connectivity index (χ4n) is 1.51. The SMILES string of the molecule is O=C(Nc1cc(Br)cc(Br)c1)c1cc(I)ccc1O. The van der Waals surface area contributed by atoms with Crippen molar-refractivity contribution >= 4 is 66.0 Å². The number of amides is 1. The molecule has 2 aromatic carbocycles. The number of carbonyl (C=O) groups is 1. The van der Waals surface area contributed by atoms with Gasteiger partial charge in [0, 0.05) is 18.2 Å². The second-order valence-electron chi connectivity index (χ2n) is 3.77. The quantitative estimate of drug-likeness (QED) is 0.588. The van der Waals surface area contributed by atoms with Crippen molar-refractivity contribution in [3.8, 4) is 5.75 Å². The minimum atomic E-state index is -0.346. The van der Waals surface area contributed by atoms with Crippen molar-refractivity contribution in [3.63, 3.8) is 0 Å². The number of hydrogen-bond donors (Lipinski definition) is 2. The minimum absolute atomic E-state index is 0.0352. The molecule has 19 heavy (non-hydrogen) atoms. The van der Waals surface area contributed by atoms with E-state index in [0.29, 0.717) is 5.69 Å². The van der Waals surface area contributed by atoms with Crippen LogP contribution in [0.15, 0.2) is 45.3 Å². The normalized spacial score (nSPS) is 10.3. The Morgan fingerprint density at radius 2 is 1.74 bits per heavy atom. The molecule has 0 spiro atoms. The molecule has 0 bridgehead atoms. The summed E-state index contributed by atoms with van der Waals surface area (Å²) in [5.74, 6) is -0.381. The maximum Gasteiger partial charge on any atom is 0.259 e. The third kappa shape index (κ3) is 3.93. The molecule has 0 aliphatic carbocycles. The Kier molecular flexibility index (Phi) is 4.86. The molecule has 0 atom stereocenters. The number of phenolic OH excluding ortho intramolecular Hbond substituents is 1. The molecule has 2 rings (SSSR count). The van der Waals surface area contributed by atoms with Gasteiger partial charge in [-0.15, -0.1) is 0 Å². The van der Waals surface area contributed by atoms with Gasteiger partial charge < -0.3 is 10.4 Å². The molecule has 0 aliphatic heterocycles. The van der Waals surface area contributed by atoms with E-state index in [1.807, 2.05) is 6.07 Å². The second kappa shape index (κ2) is 6.23. The highest BCUT2D eigenvalue weighted by molar-refractivity contribution is 14.1. The number of benzene rings is 2. The van der Waals surface area contributed by atoms with Gasteiger partial charge in [0.1, 0.15) is 5.75 Å². The first-order chi connectivity index (χ1) is 8.95. The lowest BCUT2D eigenvalue weighted by atomic mass is 10.2. The summed E-state index contributed by atoms with van der Waals surface area (Å²) in [5, 5.41) is 12.5. The molecule has 3 nitrogen and oxygen atoms in total. The molecule has 0 aromatic heterocycles. The Balaban J connectivity index is 2.28. The van der Waals surface area contributed by atoms with Crippen molar-refractivity contribution in [2.45, 2.75) is 0 Å². The van der Waals surface area contributed by atoms with E-state index in [2.05, 4.69) is 59.8 Å². The van der Waals surface area contributed by atoms with Gasteiger partial charge in [-0.25, -0.2) is 0 Å². The van der Waals surface area contributed by atoms with Crippen molar-refractivity contribution < 1.29 is 9.90 Å². The van der Waals surface area contributed by atoms with Crippen LogP contribution in [0, 0.1) is 3.57 Å². The Morgan fingerprint density at radius 3 is 2.37 bits per heavy atom. The summed E-state index contributed by atoms with van der Waals surface area (Å²) in [6.45, 7) is 0. The van der Waals surface area contributed by atoms with Gasteiger partial charge in [-0.05, 0) is 59.0 Å². The van der Waals surface area contributed by atoms with Crippen LogP contribution in [0.1, 0.15) is 10.4 Å². The molecule has 0 saturated heterocycles. The Labute approximate surface area is 140 Å². The van der Waals surface area contributed by atoms with Gasteiger partial charge in [0.25, 0.3) is 5.91 Å². The second-order valence-corrected chi connectivity index (χ2v) is 6.85. The van der Waals surface area contributed by atoms with E-state index >= 15 is 0 Å². The molecule has 2 N–H and O–H groups in total. The monoisotopic (exact) mass is 495 g/mol. The van der Waals surface area contributed by atoms with E-state index in [-0.39, 0.29) is 17.2 Å². The van der Waals surface area contributed by atoms with Crippen LogP contribution in [-0.4, -0.2) is 11.0 Å². The summed E-state index contributed by atoms with van der Waals surface area (Å²) >= 11 is 8.80. The molecule has 0 aliphatic rings. The van der Waals surface area contributed by atoms with Gasteiger partial charge in [-0.3, -0.25) is 4.79 Å². The number of anilines is 1. The molecule has 0 fully saturated rings. The number of aromatic hydroxyl groups is 1. The van der Waals surface area contributed by atoms with E-state index in [1.54, 1.807) is 24.3 Å². The molecule has 98 valence electrons. The van der Waals surface area contributed by atoms with Crippen molar-refractivity contribution in [1.82, 2.24) is 0 Å². The summed E-state index contributed by atoms with van der Waals surface area (Å²) in [7, 11) is 0. The van der Waals surface area contributed by atoms with E-state index in [0.717, 1.165) is 12.5 Å². The smallest absolute Gasteiger partial charge is 0.259 e. The zero-order valence-corrected chi connectivity index (χ0v) is 14.8. The lowest BCUT2D eigenvalue weighted by molar-refractivity contribution is 0.102. The number of hydrogen-bond acceptors (Lipinski definition) is 2. The first kappa shape index (κ1) is 14.8. The van der Waals surface area contributed by atoms with Crippen molar-refractivity contribution in [2.24, 2.45) is 0 Å². The van der Waals surface area contributed by atoms with E-state index in [9.17, 15) is 9.90 Å². The van der Waals surface area contributed by atoms with E-state index < -0.39 is 0 Å². The molecular weight excluding hydrogens is 489 g/mol. The van der Waals surface area contributed by atoms with E-state index in [1.165, 1.54) is 6.07 Å². The number of rotatable bonds is 2. The molecule has 1 amide bonds. The molecule has 6 heteroatoms. The van der Waals surface area contributed by atoms with Crippen LogP contribution in [0.5, 0.6) is 5.75 Å². The highest BCUT2D eigenvalue weighted by Crippen LogP contribution is 2.25. The summed E-state index contributed by atoms with van der Waals surface area (Å²) < 4.78 is 2.59. The molecule has 0 radical (unpaired) electrons. The molecule has 0 saturated carbocycles. The topological polar surface area (TPSA) is 49.3 Å². The average Bonchev–Trinajstić information content (AvgIpc) is 2.30. The highest BCUT2D eigenvalue weighted by atomic mass is 127. The van der Waals surface area contributed by atoms with Crippen LogP contribution in [0.2, 0.25) is 0 Å². The molecule has 0 heterocycles. The summed E-state index contributed by atoms with van der Waals surface area (Å²) in [6.07, 6.45) is 0. The summed E-state index contributed by atoms with van der Waals surface area (Å²) in [4.78, 5) is 12.1. The van der Waals surface area contributed by atoms with Crippen LogP contribution in [0.4, 0.5) is 5.69 Å². The average molecular weight is 497 g/mol. The largest absolute Gasteiger partial charge is 0.507 e. The number of phenols is 1. The van der Waals surface area contributed by atoms with Crippen LogP contribution < -0.4 is 5.32 Å². The Bertz CT molecular complexity index is 626. The minimum Gasteiger partial charge on any atom is -0.507 e. The van der Waals surface area contributed by atoms with Crippen LogP contribution in [-0.2, 0) is 0 Å². The molecular formula is C13H8Br2INO2. The first-order valence-electron chi connectivity index (χ1n) is 5.21. The van der Waals surface area contributed by atoms with Crippen LogP contribution >= 0.6 is 54.5 Å². The maximum atomic E-state index is 12.1. The Hall–Kier alpha value is -0.600. The van der Waals surface area contributed by atoms with Crippen molar-refractivity contribution in [3.05, 3.63) is 54.5 Å². The maximum absolute atomic E-state index is 12.1. The third-order valence-electron chi connectivity index (χ3n) is 2.32. The standard InChI is InChI=1S/C13H8Br2INO2/c14-7-3-8(15)5-10(4-7)17-13(19)11-6-9(16)1-2-12(11)18/h1-6,18H,(H,17,19). The predicted molar refractivity (Wildman–Crippen MR) is 90.6 cm³/mol. The van der Waals surface area contributed by atoms with Gasteiger partial charge >= 0.3 is 0 Å². The van der Waals surface area contributed by atoms with Crippen molar-refractivity contribution in [2.75, 3.05) is 5.32 Å². The summed E-state index contributed by atoms with van der Waals surface area (Å²) in [5.41, 5.74) is 0.896. The zero-order chi connectivity index (χ0) is 14.0. The van der Waals surface area contributed by atoms with Gasteiger partial charge in [0.05, 0.1) is 5.56 Å². The third-order valence-corrected chi connectivity index (χ3v) is 3.91. The predicted octanol–water partition coefficient (Wildman–Crippen LogP) is 4.77. The molecule has 0 unspecified atom stereocenters. The fourth-order valence-corrected chi connectivity index (χ4v) is 3.30. The number of halogens is 3. The summed E-state index contributed by atoms with van der Waals surface area (Å²) in [6, 6.07) is 10.3. The van der Waals surface area contributed by atoms with Crippen LogP contribution in [0.3, 0.4) is 0 Å². The van der Waals surface area contributed by atoms with Gasteiger partial charge in [-0.1, -0.05) is 31.9 Å². The Morgan fingerprint density at radius 1 is 1.11 bits per heavy atom. The zero-order valence-electron chi connectivity index (χ0n) is 9.45. The first-order valence-corrected chi connectivity index (χ1v) is 7.88. The molecule has 2 aromatic rings. The number of nitrogens with one attached hydrogen (secondary N) is 1. The lowest BCUT2D eigenvalue weighted by Crippen LogP contribution is -2.12. The van der Waals surface area contributed by atoms with Crippen LogP contribution in [0.25, 0.3) is 0 Å². The fraction of sp³-hybridized carbons (Fsp3) is 0. The number of carbonyl (C=O) groups excluding carboxylic acids is 1. The lowest BCUT2D eigenvalue weighted by Gasteiger charge is -2.08. The highest BCUT2D eigenvalue weighted by Gasteiger charge is 2.12. The van der Waals surface area contributed by atoms with Gasteiger partial charge in [0.15, 0.2) is 0 Å².